The second-order valence-electron chi connectivity index (χ2n) is 25.3. The number of phenolic OH excluding ortho intramolecular Hbond substituents is 3. The van der Waals surface area contributed by atoms with Crippen LogP contribution in [-0.2, 0) is 49.9 Å². The lowest BCUT2D eigenvalue weighted by Crippen LogP contribution is -2.76. The number of likely N-dealkylation sites (tertiary alicyclic amines) is 3. The summed E-state index contributed by atoms with van der Waals surface area (Å²) < 4.78 is 18.1. The highest BCUT2D eigenvalue weighted by atomic mass is 16.5. The Morgan fingerprint density at radius 3 is 1.19 bits per heavy atom. The van der Waals surface area contributed by atoms with E-state index >= 15 is 0 Å². The minimum atomic E-state index is -1.00. The molecule has 0 amide bonds. The van der Waals surface area contributed by atoms with Crippen LogP contribution in [0, 0.1) is 11.8 Å². The van der Waals surface area contributed by atoms with Crippen LogP contribution in [0.25, 0.3) is 0 Å². The van der Waals surface area contributed by atoms with Crippen LogP contribution < -0.4 is 14.2 Å². The van der Waals surface area contributed by atoms with E-state index in [2.05, 4.69) is 21.3 Å². The molecular weight excluding hydrogens is 955 g/mol. The Hall–Kier alpha value is -5.03. The number of hydrogen-bond donors (Lipinski definition) is 6. The van der Waals surface area contributed by atoms with E-state index in [1.165, 1.54) is 32.1 Å². The number of Topliss-reactive ketones (excluding diaryl/α,β-unsaturated/α-hetero) is 3. The highest BCUT2D eigenvalue weighted by molar-refractivity contribution is 5.92. The van der Waals surface area contributed by atoms with Crippen LogP contribution >= 0.6 is 0 Å². The normalized spacial score (nSPS) is 40.5. The van der Waals surface area contributed by atoms with Gasteiger partial charge in [0.25, 0.3) is 0 Å². The smallest absolute Gasteiger partial charge is 0.174 e. The largest absolute Gasteiger partial charge is 0.504 e. The van der Waals surface area contributed by atoms with Gasteiger partial charge in [0.2, 0.25) is 0 Å². The minimum Gasteiger partial charge on any atom is -0.504 e. The lowest BCUT2D eigenvalue weighted by Gasteiger charge is -2.63. The van der Waals surface area contributed by atoms with Crippen molar-refractivity contribution in [3.05, 3.63) is 82.4 Å². The number of rotatable bonds is 6. The van der Waals surface area contributed by atoms with Crippen molar-refractivity contribution in [3.8, 4) is 34.5 Å². The Kier molecular flexibility index (Phi) is 9.95. The van der Waals surface area contributed by atoms with Gasteiger partial charge in [-0.15, -0.1) is 6.58 Å². The Morgan fingerprint density at radius 2 is 0.853 bits per heavy atom. The Balaban J connectivity index is 0.0000000991. The van der Waals surface area contributed by atoms with Gasteiger partial charge in [-0.2, -0.15) is 0 Å². The number of phenols is 3. The molecule has 0 radical (unpaired) electrons. The first kappa shape index (κ1) is 47.2. The molecule has 396 valence electrons. The van der Waals surface area contributed by atoms with Crippen molar-refractivity contribution in [2.75, 3.05) is 39.3 Å². The fraction of sp³-hybridized carbons (Fsp3) is 0.617. The summed E-state index contributed by atoms with van der Waals surface area (Å²) in [6.07, 6.45) is 13.3. The molecule has 6 N–H and O–H groups in total. The summed E-state index contributed by atoms with van der Waals surface area (Å²) in [6.45, 7) is 9.27. The number of piperidine rings is 3. The SMILES string of the molecule is C=CCN1CC[C@]23c4c5ccc(O)c4O[C@H]2C(=O)CC[C@@]3(O)[C@H]1C5.O=C1CC[C@@]2(O)[C@H]3Cc4ccc(O)c5c4[C@@]2(CCN3CC2CC2)[C@H]1O5.O=C1CC[C@@]2(O)[C@H]3Cc4ccc(O)c5c4[C@@]2(CCN3CC2CCC2)[C@H]1O5. The summed E-state index contributed by atoms with van der Waals surface area (Å²) in [5.74, 6) is 3.29. The number of carbonyl (C=O) groups excluding carboxylic acids is 3. The van der Waals surface area contributed by atoms with Crippen LogP contribution in [0.15, 0.2) is 49.1 Å². The Bertz CT molecular complexity index is 3030. The first-order valence-electron chi connectivity index (χ1n) is 28.3. The van der Waals surface area contributed by atoms with E-state index in [9.17, 15) is 45.0 Å². The topological polar surface area (TPSA) is 210 Å². The third kappa shape index (κ3) is 5.80. The highest BCUT2D eigenvalue weighted by Gasteiger charge is 2.76. The van der Waals surface area contributed by atoms with Crippen LogP contribution in [0.2, 0.25) is 0 Å². The van der Waals surface area contributed by atoms with E-state index in [1.807, 2.05) is 24.3 Å². The van der Waals surface area contributed by atoms with Crippen LogP contribution in [0.5, 0.6) is 34.5 Å². The number of aliphatic hydroxyl groups is 3. The molecule has 12 atom stereocenters. The molecule has 3 aromatic carbocycles. The molecule has 8 fully saturated rings. The van der Waals surface area contributed by atoms with Gasteiger partial charge in [-0.25, -0.2) is 0 Å². The van der Waals surface area contributed by atoms with Crippen molar-refractivity contribution >= 4 is 17.3 Å². The molecule has 3 spiro atoms. The fourth-order valence-corrected chi connectivity index (χ4v) is 18.7. The third-order valence-corrected chi connectivity index (χ3v) is 22.4. The number of benzene rings is 3. The van der Waals surface area contributed by atoms with Gasteiger partial charge in [-0.05, 0) is 143 Å². The number of nitrogens with zero attached hydrogens (tertiary/aromatic N) is 3. The minimum absolute atomic E-state index is 0.0408. The average Bonchev–Trinajstić information content (AvgIpc) is 3.98. The predicted molar refractivity (Wildman–Crippen MR) is 271 cm³/mol. The second kappa shape index (κ2) is 15.8. The van der Waals surface area contributed by atoms with E-state index in [0.29, 0.717) is 68.6 Å². The summed E-state index contributed by atoms with van der Waals surface area (Å²) in [5, 5.41) is 66.8. The lowest BCUT2D eigenvalue weighted by atomic mass is 9.49. The molecule has 0 aromatic heterocycles. The van der Waals surface area contributed by atoms with Crippen molar-refractivity contribution < 1.29 is 59.2 Å². The zero-order valence-corrected chi connectivity index (χ0v) is 42.6. The van der Waals surface area contributed by atoms with E-state index in [-0.39, 0.29) is 52.7 Å². The molecule has 8 aliphatic carbocycles. The van der Waals surface area contributed by atoms with Gasteiger partial charge in [0.15, 0.2) is 70.2 Å². The molecule has 75 heavy (non-hydrogen) atoms. The van der Waals surface area contributed by atoms with E-state index in [4.69, 9.17) is 14.2 Å². The maximum absolute atomic E-state index is 12.8. The van der Waals surface area contributed by atoms with Gasteiger partial charge >= 0.3 is 0 Å². The summed E-state index contributed by atoms with van der Waals surface area (Å²) in [4.78, 5) is 45.4. The zero-order chi connectivity index (χ0) is 51.3. The highest BCUT2D eigenvalue weighted by Crippen LogP contribution is 2.68. The summed E-state index contributed by atoms with van der Waals surface area (Å²) in [6, 6.07) is 10.9. The molecule has 15 nitrogen and oxygen atoms in total. The molecule has 6 aliphatic heterocycles. The van der Waals surface area contributed by atoms with Gasteiger partial charge in [0.05, 0.1) is 33.0 Å². The van der Waals surface area contributed by atoms with Crippen molar-refractivity contribution in [2.45, 2.75) is 179 Å². The molecule has 3 saturated heterocycles. The second-order valence-corrected chi connectivity index (χ2v) is 25.3. The fourth-order valence-electron chi connectivity index (χ4n) is 18.7. The third-order valence-electron chi connectivity index (χ3n) is 22.4. The van der Waals surface area contributed by atoms with E-state index in [0.717, 1.165) is 110 Å². The summed E-state index contributed by atoms with van der Waals surface area (Å²) in [7, 11) is 0. The zero-order valence-electron chi connectivity index (χ0n) is 42.6. The van der Waals surface area contributed by atoms with Gasteiger partial charge in [0.1, 0.15) is 0 Å². The number of ketones is 3. The number of carbonyl (C=O) groups is 3. The molecule has 3 aromatic rings. The van der Waals surface area contributed by atoms with Crippen LogP contribution in [0.4, 0.5) is 0 Å². The number of aromatic hydroxyl groups is 3. The standard InChI is InChI=1S/C21H25NO4.C20H23NO4.C19H21NO4/c23-14-5-4-13-10-16-21(25)7-6-15(24)19-20(21,17(13)18(14)26-19)8-9-22(16)11-12-2-1-3-12;22-13-4-3-12-9-15-20(24)6-5-14(23)18-19(20,16(12)17(13)25-18)7-8-21(15)10-11-1-2-11;1-2-8-20-9-7-18-15-11-3-4-12(21)16(15)24-17(18)13(22)5-6-19(18,23)14(20)10-11/h4-5,12,16,19,23,25H,1-3,6-11H2;3-4,11,15,18,22,24H,1-2,5-10H2;2-4,14,17,21,23H,1,5-10H2/t16-,19+,20+,21-;15-,18+,19+,20-;14-,17+,18+,19-/m111/s1. The lowest BCUT2D eigenvalue weighted by molar-refractivity contribution is -0.190. The molecule has 6 heterocycles. The van der Waals surface area contributed by atoms with Crippen molar-refractivity contribution in [3.63, 3.8) is 0 Å². The van der Waals surface area contributed by atoms with Gasteiger partial charge < -0.3 is 44.8 Å². The maximum atomic E-state index is 12.8. The number of ether oxygens (including phenoxy) is 3. The van der Waals surface area contributed by atoms with Crippen LogP contribution in [0.3, 0.4) is 0 Å². The molecular formula is C60H69N3O12. The van der Waals surface area contributed by atoms with Gasteiger partial charge in [0, 0.05) is 80.3 Å². The monoisotopic (exact) mass is 1020 g/mol. The molecule has 17 rings (SSSR count). The molecule has 14 aliphatic rings. The van der Waals surface area contributed by atoms with Gasteiger partial charge in [-0.1, -0.05) is 30.7 Å². The maximum Gasteiger partial charge on any atom is 0.174 e. The molecule has 15 heteroatoms. The van der Waals surface area contributed by atoms with Gasteiger partial charge in [-0.3, -0.25) is 29.1 Å². The quantitative estimate of drug-likeness (QED) is 0.184. The number of hydrogen-bond acceptors (Lipinski definition) is 15. The van der Waals surface area contributed by atoms with E-state index < -0.39 is 51.4 Å². The first-order valence-corrected chi connectivity index (χ1v) is 28.3. The van der Waals surface area contributed by atoms with Crippen molar-refractivity contribution in [1.29, 1.82) is 0 Å². The Labute approximate surface area is 436 Å². The average molecular weight is 1020 g/mol. The summed E-state index contributed by atoms with van der Waals surface area (Å²) >= 11 is 0. The van der Waals surface area contributed by atoms with Crippen LogP contribution in [0.1, 0.15) is 123 Å². The molecule has 6 bridgehead atoms. The first-order chi connectivity index (χ1) is 36.1. The van der Waals surface area contributed by atoms with E-state index in [1.54, 1.807) is 18.2 Å². The molecule has 0 unspecified atom stereocenters. The van der Waals surface area contributed by atoms with Crippen molar-refractivity contribution in [1.82, 2.24) is 14.7 Å². The molecule has 5 saturated carbocycles. The van der Waals surface area contributed by atoms with Crippen LogP contribution in [-0.4, -0.2) is 155 Å². The van der Waals surface area contributed by atoms with Crippen molar-refractivity contribution in [2.24, 2.45) is 11.8 Å². The predicted octanol–water partition coefficient (Wildman–Crippen LogP) is 4.74. The summed E-state index contributed by atoms with van der Waals surface area (Å²) in [5.41, 5.74) is 1.16. The Morgan fingerprint density at radius 1 is 0.507 bits per heavy atom.